The van der Waals surface area contributed by atoms with Crippen molar-refractivity contribution in [1.29, 1.82) is 0 Å². The first-order chi connectivity index (χ1) is 8.16. The number of nitrogens with zero attached hydrogens (tertiary/aromatic N) is 1. The number of amides is 1. The van der Waals surface area contributed by atoms with E-state index < -0.39 is 0 Å². The highest BCUT2D eigenvalue weighted by Crippen LogP contribution is 2.27. The van der Waals surface area contributed by atoms with Gasteiger partial charge in [-0.2, -0.15) is 0 Å². The van der Waals surface area contributed by atoms with Crippen LogP contribution < -0.4 is 10.6 Å². The van der Waals surface area contributed by atoms with E-state index in [2.05, 4.69) is 34.7 Å². The molecule has 90 valence electrons. The fourth-order valence-corrected chi connectivity index (χ4v) is 2.54. The van der Waals surface area contributed by atoms with Crippen molar-refractivity contribution in [3.8, 4) is 0 Å². The Morgan fingerprint density at radius 3 is 2.94 bits per heavy atom. The minimum atomic E-state index is -0.00746. The van der Waals surface area contributed by atoms with Crippen LogP contribution in [0.3, 0.4) is 0 Å². The van der Waals surface area contributed by atoms with E-state index in [1.165, 1.54) is 17.2 Å². The average molecular weight is 249 g/mol. The molecule has 0 spiro atoms. The third-order valence-electron chi connectivity index (χ3n) is 2.40. The number of fused-ring (bicyclic) bond motifs is 1. The third-order valence-corrected chi connectivity index (χ3v) is 3.37. The van der Waals surface area contributed by atoms with Crippen LogP contribution in [0.1, 0.15) is 12.5 Å². The molecule has 4 nitrogen and oxygen atoms in total. The number of benzene rings is 1. The summed E-state index contributed by atoms with van der Waals surface area (Å²) in [5.74, 6) is -0.00746. The van der Waals surface area contributed by atoms with Crippen molar-refractivity contribution in [2.75, 3.05) is 18.4 Å². The highest BCUT2D eigenvalue weighted by molar-refractivity contribution is 7.22. The summed E-state index contributed by atoms with van der Waals surface area (Å²) in [5, 5.41) is 6.85. The number of para-hydroxylation sites is 1. The molecule has 0 unspecified atom stereocenters. The molecule has 17 heavy (non-hydrogen) atoms. The van der Waals surface area contributed by atoms with E-state index in [0.717, 1.165) is 10.6 Å². The fourth-order valence-electron chi connectivity index (χ4n) is 1.57. The Kier molecular flexibility index (Phi) is 3.58. The molecule has 1 amide bonds. The van der Waals surface area contributed by atoms with E-state index in [9.17, 15) is 4.79 Å². The largest absolute Gasteiger partial charge is 0.360 e. The summed E-state index contributed by atoms with van der Waals surface area (Å²) in [6.07, 6.45) is 0. The standard InChI is InChI=1S/C12H15N3OS/c1-8-4-3-5-10-11(8)15-12(17-10)14-7-6-13-9(2)16/h3-5H,6-7H2,1-2H3,(H,13,16)(H,14,15). The number of thiazole rings is 1. The second kappa shape index (κ2) is 5.14. The lowest BCUT2D eigenvalue weighted by atomic mass is 10.2. The molecule has 1 heterocycles. The number of hydrogen-bond donors (Lipinski definition) is 2. The van der Waals surface area contributed by atoms with Crippen LogP contribution >= 0.6 is 11.3 Å². The van der Waals surface area contributed by atoms with Crippen molar-refractivity contribution in [3.63, 3.8) is 0 Å². The molecular formula is C12H15N3OS. The second-order valence-electron chi connectivity index (χ2n) is 3.85. The lowest BCUT2D eigenvalue weighted by molar-refractivity contribution is -0.118. The quantitative estimate of drug-likeness (QED) is 0.816. The van der Waals surface area contributed by atoms with Gasteiger partial charge in [-0.25, -0.2) is 4.98 Å². The van der Waals surface area contributed by atoms with Crippen LogP contribution in [-0.4, -0.2) is 24.0 Å². The maximum Gasteiger partial charge on any atom is 0.216 e. The number of hydrogen-bond acceptors (Lipinski definition) is 4. The number of nitrogens with one attached hydrogen (secondary N) is 2. The van der Waals surface area contributed by atoms with Gasteiger partial charge in [-0.1, -0.05) is 23.5 Å². The first-order valence-corrected chi connectivity index (χ1v) is 6.33. The summed E-state index contributed by atoms with van der Waals surface area (Å²) in [7, 11) is 0. The van der Waals surface area contributed by atoms with Gasteiger partial charge in [-0.3, -0.25) is 4.79 Å². The summed E-state index contributed by atoms with van der Waals surface area (Å²) in [4.78, 5) is 15.2. The minimum Gasteiger partial charge on any atom is -0.360 e. The molecule has 0 saturated carbocycles. The van der Waals surface area contributed by atoms with E-state index in [0.29, 0.717) is 13.1 Å². The zero-order valence-electron chi connectivity index (χ0n) is 9.91. The van der Waals surface area contributed by atoms with Gasteiger partial charge in [0.05, 0.1) is 10.2 Å². The average Bonchev–Trinajstić information content (AvgIpc) is 2.69. The van der Waals surface area contributed by atoms with Crippen LogP contribution in [-0.2, 0) is 4.79 Å². The Bertz CT molecular complexity index is 536. The number of aryl methyl sites for hydroxylation is 1. The molecule has 0 aliphatic rings. The molecule has 2 aromatic rings. The molecule has 0 aliphatic carbocycles. The van der Waals surface area contributed by atoms with Gasteiger partial charge in [0, 0.05) is 20.0 Å². The molecule has 0 aliphatic heterocycles. The van der Waals surface area contributed by atoms with Crippen LogP contribution in [0.25, 0.3) is 10.2 Å². The molecule has 5 heteroatoms. The van der Waals surface area contributed by atoms with Crippen LogP contribution in [0.2, 0.25) is 0 Å². The van der Waals surface area contributed by atoms with Crippen molar-refractivity contribution in [2.45, 2.75) is 13.8 Å². The molecule has 0 fully saturated rings. The number of rotatable bonds is 4. The Morgan fingerprint density at radius 1 is 1.41 bits per heavy atom. The highest BCUT2D eigenvalue weighted by atomic mass is 32.1. The lowest BCUT2D eigenvalue weighted by Crippen LogP contribution is -2.26. The van der Waals surface area contributed by atoms with E-state index in [1.54, 1.807) is 11.3 Å². The summed E-state index contributed by atoms with van der Waals surface area (Å²) in [5.41, 5.74) is 2.24. The van der Waals surface area contributed by atoms with Gasteiger partial charge in [0.1, 0.15) is 0 Å². The molecule has 0 atom stereocenters. The molecule has 0 bridgehead atoms. The van der Waals surface area contributed by atoms with Gasteiger partial charge in [0.25, 0.3) is 0 Å². The molecule has 0 saturated heterocycles. The number of aromatic nitrogens is 1. The maximum atomic E-state index is 10.7. The molecule has 2 rings (SSSR count). The van der Waals surface area contributed by atoms with Gasteiger partial charge >= 0.3 is 0 Å². The smallest absolute Gasteiger partial charge is 0.216 e. The summed E-state index contributed by atoms with van der Waals surface area (Å²) in [6, 6.07) is 6.17. The predicted octanol–water partition coefficient (Wildman–Crippen LogP) is 2.15. The monoisotopic (exact) mass is 249 g/mol. The number of anilines is 1. The van der Waals surface area contributed by atoms with Crippen LogP contribution in [0.4, 0.5) is 5.13 Å². The molecular weight excluding hydrogens is 234 g/mol. The van der Waals surface area contributed by atoms with Gasteiger partial charge < -0.3 is 10.6 Å². The van der Waals surface area contributed by atoms with Crippen molar-refractivity contribution in [2.24, 2.45) is 0 Å². The molecule has 1 aromatic carbocycles. The van der Waals surface area contributed by atoms with Crippen molar-refractivity contribution < 1.29 is 4.79 Å². The first-order valence-electron chi connectivity index (χ1n) is 5.51. The van der Waals surface area contributed by atoms with Crippen LogP contribution in [0.5, 0.6) is 0 Å². The van der Waals surface area contributed by atoms with E-state index in [1.807, 2.05) is 6.07 Å². The summed E-state index contributed by atoms with van der Waals surface area (Å²) < 4.78 is 1.19. The van der Waals surface area contributed by atoms with Gasteiger partial charge in [-0.05, 0) is 18.6 Å². The molecule has 1 aromatic heterocycles. The Labute approximate surface area is 104 Å². The van der Waals surface area contributed by atoms with Crippen molar-refractivity contribution >= 4 is 32.6 Å². The normalized spacial score (nSPS) is 10.5. The van der Waals surface area contributed by atoms with E-state index in [-0.39, 0.29) is 5.91 Å². The number of carbonyl (C=O) groups excluding carboxylic acids is 1. The molecule has 0 radical (unpaired) electrons. The van der Waals surface area contributed by atoms with Crippen molar-refractivity contribution in [3.05, 3.63) is 23.8 Å². The topological polar surface area (TPSA) is 54.0 Å². The first kappa shape index (κ1) is 11.9. The molecule has 2 N–H and O–H groups in total. The van der Waals surface area contributed by atoms with Gasteiger partial charge in [0.2, 0.25) is 5.91 Å². The number of carbonyl (C=O) groups is 1. The SMILES string of the molecule is CC(=O)NCCNc1nc2c(C)cccc2s1. The maximum absolute atomic E-state index is 10.7. The van der Waals surface area contributed by atoms with Crippen LogP contribution in [0.15, 0.2) is 18.2 Å². The lowest BCUT2D eigenvalue weighted by Gasteiger charge is -2.02. The van der Waals surface area contributed by atoms with Gasteiger partial charge in [0.15, 0.2) is 5.13 Å². The predicted molar refractivity (Wildman–Crippen MR) is 71.5 cm³/mol. The Hall–Kier alpha value is -1.62. The van der Waals surface area contributed by atoms with E-state index >= 15 is 0 Å². The highest BCUT2D eigenvalue weighted by Gasteiger charge is 2.04. The van der Waals surface area contributed by atoms with Crippen LogP contribution in [0, 0.1) is 6.92 Å². The summed E-state index contributed by atoms with van der Waals surface area (Å²) in [6.45, 7) is 4.88. The van der Waals surface area contributed by atoms with Crippen molar-refractivity contribution in [1.82, 2.24) is 10.3 Å². The third kappa shape index (κ3) is 2.94. The minimum absolute atomic E-state index is 0.00746. The van der Waals surface area contributed by atoms with E-state index in [4.69, 9.17) is 0 Å². The second-order valence-corrected chi connectivity index (χ2v) is 4.88. The fraction of sp³-hybridized carbons (Fsp3) is 0.333. The zero-order valence-corrected chi connectivity index (χ0v) is 10.7. The zero-order chi connectivity index (χ0) is 12.3. The Balaban J connectivity index is 2.00. The summed E-state index contributed by atoms with van der Waals surface area (Å²) >= 11 is 1.64. The van der Waals surface area contributed by atoms with Gasteiger partial charge in [-0.15, -0.1) is 0 Å². The Morgan fingerprint density at radius 2 is 2.24 bits per heavy atom.